The molecule has 1 aliphatic rings. The van der Waals surface area contributed by atoms with Gasteiger partial charge >= 0.3 is 0 Å². The van der Waals surface area contributed by atoms with E-state index >= 15 is 0 Å². The first kappa shape index (κ1) is 10.6. The van der Waals surface area contributed by atoms with Crippen LogP contribution >= 0.6 is 0 Å². The summed E-state index contributed by atoms with van der Waals surface area (Å²) in [5.41, 5.74) is 1.19. The Morgan fingerprint density at radius 3 is 2.67 bits per heavy atom. The maximum atomic E-state index is 11.4. The summed E-state index contributed by atoms with van der Waals surface area (Å²) in [5, 5.41) is 3.24. The first-order valence-electron chi connectivity index (χ1n) is 5.13. The Balaban J connectivity index is 2.01. The van der Waals surface area contributed by atoms with Crippen molar-refractivity contribution >= 4 is 9.84 Å². The zero-order valence-electron chi connectivity index (χ0n) is 8.52. The van der Waals surface area contributed by atoms with Crippen molar-refractivity contribution in [1.29, 1.82) is 0 Å². The molecule has 1 aromatic rings. The standard InChI is InChI=1S/C11H15NO2S/c13-15(14)7-6-12-11(9-15)8-10-4-2-1-3-5-10/h1-5,11-12H,6-9H2. The summed E-state index contributed by atoms with van der Waals surface area (Å²) in [7, 11) is -2.81. The largest absolute Gasteiger partial charge is 0.312 e. The third-order valence-electron chi connectivity index (χ3n) is 2.63. The summed E-state index contributed by atoms with van der Waals surface area (Å²) < 4.78 is 22.8. The van der Waals surface area contributed by atoms with E-state index in [1.165, 1.54) is 5.56 Å². The molecule has 0 amide bonds. The van der Waals surface area contributed by atoms with Gasteiger partial charge < -0.3 is 5.32 Å². The van der Waals surface area contributed by atoms with Gasteiger partial charge in [-0.25, -0.2) is 8.42 Å². The SMILES string of the molecule is O=S1(=O)CCNC(Cc2ccccc2)C1. The summed E-state index contributed by atoms with van der Waals surface area (Å²) in [6, 6.07) is 10.1. The van der Waals surface area contributed by atoms with Crippen LogP contribution in [-0.4, -0.2) is 32.5 Å². The molecule has 1 atom stereocenters. The summed E-state index contributed by atoms with van der Waals surface area (Å²) >= 11 is 0. The van der Waals surface area contributed by atoms with Gasteiger partial charge in [-0.05, 0) is 12.0 Å². The number of hydrogen-bond acceptors (Lipinski definition) is 3. The highest BCUT2D eigenvalue weighted by Gasteiger charge is 2.23. The minimum atomic E-state index is -2.81. The van der Waals surface area contributed by atoms with Gasteiger partial charge in [-0.15, -0.1) is 0 Å². The average molecular weight is 225 g/mol. The summed E-state index contributed by atoms with van der Waals surface area (Å²) in [6.07, 6.45) is 0.792. The van der Waals surface area contributed by atoms with Crippen LogP contribution in [0.3, 0.4) is 0 Å². The fraction of sp³-hybridized carbons (Fsp3) is 0.455. The van der Waals surface area contributed by atoms with Crippen molar-refractivity contribution in [1.82, 2.24) is 5.32 Å². The second kappa shape index (κ2) is 4.33. The molecule has 0 aromatic heterocycles. The molecule has 1 aromatic carbocycles. The Bertz CT molecular complexity index is 413. The molecule has 1 heterocycles. The van der Waals surface area contributed by atoms with E-state index in [4.69, 9.17) is 0 Å². The topological polar surface area (TPSA) is 46.2 Å². The van der Waals surface area contributed by atoms with Crippen molar-refractivity contribution in [2.45, 2.75) is 12.5 Å². The third kappa shape index (κ3) is 3.04. The number of hydrogen-bond donors (Lipinski definition) is 1. The van der Waals surface area contributed by atoms with Crippen LogP contribution in [0.4, 0.5) is 0 Å². The minimum absolute atomic E-state index is 0.0751. The molecule has 1 unspecified atom stereocenters. The van der Waals surface area contributed by atoms with Gasteiger partial charge in [0, 0.05) is 12.6 Å². The monoisotopic (exact) mass is 225 g/mol. The normalized spacial score (nSPS) is 24.9. The van der Waals surface area contributed by atoms with E-state index in [1.807, 2.05) is 30.3 Å². The molecule has 1 fully saturated rings. The second-order valence-electron chi connectivity index (χ2n) is 3.96. The lowest BCUT2D eigenvalue weighted by Crippen LogP contribution is -2.46. The molecule has 0 bridgehead atoms. The van der Waals surface area contributed by atoms with Crippen LogP contribution < -0.4 is 5.32 Å². The fourth-order valence-corrected chi connectivity index (χ4v) is 3.34. The van der Waals surface area contributed by atoms with Crippen molar-refractivity contribution in [3.63, 3.8) is 0 Å². The fourth-order valence-electron chi connectivity index (χ4n) is 1.90. The number of benzene rings is 1. The highest BCUT2D eigenvalue weighted by molar-refractivity contribution is 7.91. The van der Waals surface area contributed by atoms with Gasteiger partial charge in [-0.3, -0.25) is 0 Å². The summed E-state index contributed by atoms with van der Waals surface area (Å²) in [4.78, 5) is 0. The smallest absolute Gasteiger partial charge is 0.153 e. The molecule has 2 rings (SSSR count). The van der Waals surface area contributed by atoms with Crippen molar-refractivity contribution in [3.05, 3.63) is 35.9 Å². The predicted octanol–water partition coefficient (Wildman–Crippen LogP) is 0.616. The van der Waals surface area contributed by atoms with Gasteiger partial charge in [0.2, 0.25) is 0 Å². The lowest BCUT2D eigenvalue weighted by atomic mass is 10.1. The summed E-state index contributed by atoms with van der Waals surface area (Å²) in [6.45, 7) is 0.583. The van der Waals surface area contributed by atoms with Crippen LogP contribution in [0, 0.1) is 0 Å². The quantitative estimate of drug-likeness (QED) is 0.802. The summed E-state index contributed by atoms with van der Waals surface area (Å²) in [5.74, 6) is 0.542. The van der Waals surface area contributed by atoms with Crippen LogP contribution in [0.5, 0.6) is 0 Å². The van der Waals surface area contributed by atoms with Gasteiger partial charge in [0.25, 0.3) is 0 Å². The number of nitrogens with one attached hydrogen (secondary N) is 1. The molecular formula is C11H15NO2S. The van der Waals surface area contributed by atoms with Crippen molar-refractivity contribution in [3.8, 4) is 0 Å². The van der Waals surface area contributed by atoms with Crippen molar-refractivity contribution < 1.29 is 8.42 Å². The van der Waals surface area contributed by atoms with Gasteiger partial charge in [-0.1, -0.05) is 30.3 Å². The Morgan fingerprint density at radius 2 is 2.00 bits per heavy atom. The van der Waals surface area contributed by atoms with Crippen molar-refractivity contribution in [2.75, 3.05) is 18.1 Å². The van der Waals surface area contributed by atoms with E-state index in [9.17, 15) is 8.42 Å². The molecule has 0 spiro atoms. The number of sulfone groups is 1. The Hall–Kier alpha value is -0.870. The molecule has 15 heavy (non-hydrogen) atoms. The minimum Gasteiger partial charge on any atom is -0.312 e. The molecule has 1 aliphatic heterocycles. The molecule has 0 radical (unpaired) electrons. The Kier molecular flexibility index (Phi) is 3.07. The Morgan fingerprint density at radius 1 is 1.27 bits per heavy atom. The second-order valence-corrected chi connectivity index (χ2v) is 6.18. The maximum absolute atomic E-state index is 11.4. The van der Waals surface area contributed by atoms with E-state index in [-0.39, 0.29) is 17.5 Å². The van der Waals surface area contributed by atoms with Crippen LogP contribution in [0.25, 0.3) is 0 Å². The zero-order valence-corrected chi connectivity index (χ0v) is 9.33. The van der Waals surface area contributed by atoms with Gasteiger partial charge in [0.05, 0.1) is 11.5 Å². The van der Waals surface area contributed by atoms with E-state index in [0.29, 0.717) is 6.54 Å². The van der Waals surface area contributed by atoms with E-state index in [2.05, 4.69) is 5.32 Å². The van der Waals surface area contributed by atoms with Crippen LogP contribution in [0.1, 0.15) is 5.56 Å². The molecule has 3 nitrogen and oxygen atoms in total. The third-order valence-corrected chi connectivity index (χ3v) is 4.36. The molecule has 82 valence electrons. The first-order chi connectivity index (χ1) is 7.16. The van der Waals surface area contributed by atoms with Gasteiger partial charge in [0.1, 0.15) is 0 Å². The molecule has 1 N–H and O–H groups in total. The van der Waals surface area contributed by atoms with Crippen LogP contribution in [0.2, 0.25) is 0 Å². The molecule has 4 heteroatoms. The molecule has 1 saturated heterocycles. The highest BCUT2D eigenvalue weighted by Crippen LogP contribution is 2.08. The lowest BCUT2D eigenvalue weighted by molar-refractivity contribution is 0.515. The Labute approximate surface area is 90.4 Å². The average Bonchev–Trinajstić information content (AvgIpc) is 2.17. The number of rotatable bonds is 2. The highest BCUT2D eigenvalue weighted by atomic mass is 32.2. The van der Waals surface area contributed by atoms with E-state index < -0.39 is 9.84 Å². The van der Waals surface area contributed by atoms with Gasteiger partial charge in [-0.2, -0.15) is 0 Å². The van der Waals surface area contributed by atoms with E-state index in [1.54, 1.807) is 0 Å². The molecular weight excluding hydrogens is 210 g/mol. The van der Waals surface area contributed by atoms with Crippen LogP contribution in [0.15, 0.2) is 30.3 Å². The van der Waals surface area contributed by atoms with Crippen molar-refractivity contribution in [2.24, 2.45) is 0 Å². The van der Waals surface area contributed by atoms with Crippen LogP contribution in [-0.2, 0) is 16.3 Å². The predicted molar refractivity (Wildman–Crippen MR) is 60.6 cm³/mol. The molecule has 0 saturated carbocycles. The van der Waals surface area contributed by atoms with E-state index in [0.717, 1.165) is 6.42 Å². The molecule has 0 aliphatic carbocycles. The maximum Gasteiger partial charge on any atom is 0.153 e. The van der Waals surface area contributed by atoms with Gasteiger partial charge in [0.15, 0.2) is 9.84 Å². The zero-order chi connectivity index (χ0) is 10.7. The first-order valence-corrected chi connectivity index (χ1v) is 6.96. The lowest BCUT2D eigenvalue weighted by Gasteiger charge is -2.23.